The highest BCUT2D eigenvalue weighted by molar-refractivity contribution is 5.43. The first kappa shape index (κ1) is 22.2. The summed E-state index contributed by atoms with van der Waals surface area (Å²) in [5, 5.41) is 41.6. The number of piperidine rings is 1. The van der Waals surface area contributed by atoms with E-state index in [4.69, 9.17) is 10.1 Å². The Hall–Kier alpha value is -1.52. The lowest BCUT2D eigenvalue weighted by Gasteiger charge is -2.34. The molecular weight excluding hydrogens is 374 g/mol. The van der Waals surface area contributed by atoms with E-state index in [0.717, 1.165) is 44.8 Å². The van der Waals surface area contributed by atoms with Gasteiger partial charge in [0.1, 0.15) is 18.0 Å². The molecule has 2 fully saturated rings. The highest BCUT2D eigenvalue weighted by Crippen LogP contribution is 2.20. The predicted molar refractivity (Wildman–Crippen MR) is 111 cm³/mol. The standard InChI is InChI=1S/C20H35N5O4/c26-14-17(28)19(29)16(27)13-24-11-6-15(7-12-24)22-20-21-8-5-18(23-20)25-9-3-1-2-4-10-25/h5,8,15-17,19,26-29H,1-4,6-7,9-14H2,(H,21,22,23)/t16-,17+,19-/m0/s1. The summed E-state index contributed by atoms with van der Waals surface area (Å²) < 4.78 is 0. The number of anilines is 2. The summed E-state index contributed by atoms with van der Waals surface area (Å²) in [6.45, 7) is 3.33. The molecule has 0 bridgehead atoms. The fraction of sp³-hybridized carbons (Fsp3) is 0.800. The molecule has 0 unspecified atom stereocenters. The maximum atomic E-state index is 10.0. The number of nitrogens with one attached hydrogen (secondary N) is 1. The molecule has 3 rings (SSSR count). The van der Waals surface area contributed by atoms with Crippen molar-refractivity contribution in [2.75, 3.05) is 49.5 Å². The Morgan fingerprint density at radius 2 is 1.69 bits per heavy atom. The molecular formula is C20H35N5O4. The number of aliphatic hydroxyl groups is 4. The third kappa shape index (κ3) is 6.48. The van der Waals surface area contributed by atoms with Crippen molar-refractivity contribution in [2.45, 2.75) is 62.9 Å². The van der Waals surface area contributed by atoms with E-state index in [2.05, 4.69) is 20.1 Å². The summed E-state index contributed by atoms with van der Waals surface area (Å²) in [7, 11) is 0. The first-order valence-corrected chi connectivity index (χ1v) is 10.8. The molecule has 0 saturated carbocycles. The van der Waals surface area contributed by atoms with E-state index in [1.54, 1.807) is 0 Å². The zero-order valence-corrected chi connectivity index (χ0v) is 17.0. The molecule has 2 aliphatic heterocycles. The molecule has 2 aliphatic rings. The van der Waals surface area contributed by atoms with Crippen LogP contribution in [0.2, 0.25) is 0 Å². The number of nitrogens with zero attached hydrogens (tertiary/aromatic N) is 4. The molecule has 3 atom stereocenters. The van der Waals surface area contributed by atoms with Crippen molar-refractivity contribution in [3.63, 3.8) is 0 Å². The summed E-state index contributed by atoms with van der Waals surface area (Å²) in [4.78, 5) is 13.5. The lowest BCUT2D eigenvalue weighted by molar-refractivity contribution is -0.0851. The summed E-state index contributed by atoms with van der Waals surface area (Å²) >= 11 is 0. The number of hydrogen-bond acceptors (Lipinski definition) is 9. The van der Waals surface area contributed by atoms with Crippen molar-refractivity contribution in [3.8, 4) is 0 Å². The van der Waals surface area contributed by atoms with Gasteiger partial charge in [-0.3, -0.25) is 0 Å². The van der Waals surface area contributed by atoms with E-state index in [0.29, 0.717) is 5.95 Å². The van der Waals surface area contributed by atoms with Gasteiger partial charge in [0.2, 0.25) is 5.95 Å². The Kier molecular flexibility index (Phi) is 8.43. The van der Waals surface area contributed by atoms with Crippen LogP contribution in [0.1, 0.15) is 38.5 Å². The lowest BCUT2D eigenvalue weighted by atomic mass is 10.0. The Morgan fingerprint density at radius 1 is 1.00 bits per heavy atom. The van der Waals surface area contributed by atoms with Crippen LogP contribution in [0, 0.1) is 0 Å². The maximum Gasteiger partial charge on any atom is 0.224 e. The predicted octanol–water partition coefficient (Wildman–Crippen LogP) is -0.192. The molecule has 9 heteroatoms. The van der Waals surface area contributed by atoms with Crippen molar-refractivity contribution in [2.24, 2.45) is 0 Å². The third-order valence-corrected chi connectivity index (χ3v) is 5.91. The molecule has 3 heterocycles. The van der Waals surface area contributed by atoms with Crippen molar-refractivity contribution in [1.29, 1.82) is 0 Å². The molecule has 2 saturated heterocycles. The van der Waals surface area contributed by atoms with Gasteiger partial charge >= 0.3 is 0 Å². The van der Waals surface area contributed by atoms with Crippen LogP contribution in [0.15, 0.2) is 12.3 Å². The third-order valence-electron chi connectivity index (χ3n) is 5.91. The van der Waals surface area contributed by atoms with Crippen LogP contribution in [0.3, 0.4) is 0 Å². The SMILES string of the molecule is OC[C@@H](O)[C@@H](O)[C@@H](O)CN1CCC(Nc2nccc(N3CCCCCC3)n2)CC1. The van der Waals surface area contributed by atoms with Gasteiger partial charge in [0.05, 0.1) is 12.7 Å². The van der Waals surface area contributed by atoms with Crippen LogP contribution < -0.4 is 10.2 Å². The van der Waals surface area contributed by atoms with Crippen LogP contribution in [0.4, 0.5) is 11.8 Å². The first-order valence-electron chi connectivity index (χ1n) is 10.8. The van der Waals surface area contributed by atoms with E-state index in [-0.39, 0.29) is 12.6 Å². The smallest absolute Gasteiger partial charge is 0.224 e. The van der Waals surface area contributed by atoms with Crippen molar-refractivity contribution >= 4 is 11.8 Å². The van der Waals surface area contributed by atoms with Gasteiger partial charge < -0.3 is 35.5 Å². The maximum absolute atomic E-state index is 10.0. The lowest BCUT2D eigenvalue weighted by Crippen LogP contribution is -2.48. The molecule has 29 heavy (non-hydrogen) atoms. The highest BCUT2D eigenvalue weighted by atomic mass is 16.4. The average Bonchev–Trinajstić information content (AvgIpc) is 3.04. The number of hydrogen-bond donors (Lipinski definition) is 5. The van der Waals surface area contributed by atoms with Gasteiger partial charge in [0.25, 0.3) is 0 Å². The fourth-order valence-electron chi connectivity index (χ4n) is 4.07. The summed E-state index contributed by atoms with van der Waals surface area (Å²) in [6, 6.07) is 2.24. The van der Waals surface area contributed by atoms with Crippen molar-refractivity contribution < 1.29 is 20.4 Å². The van der Waals surface area contributed by atoms with E-state index in [9.17, 15) is 15.3 Å². The minimum Gasteiger partial charge on any atom is -0.394 e. The monoisotopic (exact) mass is 409 g/mol. The normalized spacial score (nSPS) is 22.7. The molecule has 1 aromatic rings. The minimum atomic E-state index is -1.34. The van der Waals surface area contributed by atoms with Crippen molar-refractivity contribution in [1.82, 2.24) is 14.9 Å². The zero-order valence-electron chi connectivity index (χ0n) is 17.0. The Balaban J connectivity index is 1.46. The average molecular weight is 410 g/mol. The van der Waals surface area contributed by atoms with E-state index < -0.39 is 24.9 Å². The van der Waals surface area contributed by atoms with Gasteiger partial charge in [-0.1, -0.05) is 12.8 Å². The van der Waals surface area contributed by atoms with Crippen LogP contribution in [-0.2, 0) is 0 Å². The molecule has 0 aromatic carbocycles. The van der Waals surface area contributed by atoms with Gasteiger partial charge in [-0.2, -0.15) is 4.98 Å². The number of rotatable bonds is 8. The van der Waals surface area contributed by atoms with Crippen LogP contribution in [0.5, 0.6) is 0 Å². The molecule has 0 aliphatic carbocycles. The quantitative estimate of drug-likeness (QED) is 0.397. The summed E-state index contributed by atoms with van der Waals surface area (Å²) in [6.07, 6.45) is 4.81. The topological polar surface area (TPSA) is 125 Å². The number of β-amino-alcohol motifs (C(OH)–C–C–N with tert-alkyl or cyclic N) is 1. The number of aliphatic hydroxyl groups excluding tert-OH is 4. The number of aromatic nitrogens is 2. The zero-order chi connectivity index (χ0) is 20.6. The Morgan fingerprint density at radius 3 is 2.34 bits per heavy atom. The van der Waals surface area contributed by atoms with Gasteiger partial charge in [0, 0.05) is 45.0 Å². The largest absolute Gasteiger partial charge is 0.394 e. The minimum absolute atomic E-state index is 0.260. The second-order valence-electron chi connectivity index (χ2n) is 8.17. The molecule has 164 valence electrons. The second kappa shape index (κ2) is 11.0. The van der Waals surface area contributed by atoms with Crippen LogP contribution in [-0.4, -0.2) is 99.0 Å². The highest BCUT2D eigenvalue weighted by Gasteiger charge is 2.28. The Labute approximate surface area is 172 Å². The Bertz CT molecular complexity index is 606. The molecule has 5 N–H and O–H groups in total. The summed E-state index contributed by atoms with van der Waals surface area (Å²) in [5.41, 5.74) is 0. The fourth-order valence-corrected chi connectivity index (χ4v) is 4.07. The molecule has 1 aromatic heterocycles. The molecule has 9 nitrogen and oxygen atoms in total. The van der Waals surface area contributed by atoms with E-state index in [1.807, 2.05) is 12.3 Å². The molecule has 0 radical (unpaired) electrons. The summed E-state index contributed by atoms with van der Waals surface area (Å²) in [5.74, 6) is 1.65. The van der Waals surface area contributed by atoms with Crippen LogP contribution in [0.25, 0.3) is 0 Å². The van der Waals surface area contributed by atoms with Gasteiger partial charge in [-0.15, -0.1) is 0 Å². The first-order chi connectivity index (χ1) is 14.1. The van der Waals surface area contributed by atoms with E-state index >= 15 is 0 Å². The molecule has 0 spiro atoms. The van der Waals surface area contributed by atoms with Gasteiger partial charge in [-0.05, 0) is 31.7 Å². The van der Waals surface area contributed by atoms with Crippen molar-refractivity contribution in [3.05, 3.63) is 12.3 Å². The molecule has 0 amide bonds. The second-order valence-corrected chi connectivity index (χ2v) is 8.17. The van der Waals surface area contributed by atoms with Gasteiger partial charge in [0.15, 0.2) is 0 Å². The van der Waals surface area contributed by atoms with Gasteiger partial charge in [-0.25, -0.2) is 4.98 Å². The van der Waals surface area contributed by atoms with E-state index in [1.165, 1.54) is 25.7 Å². The van der Waals surface area contributed by atoms with Crippen LogP contribution >= 0.6 is 0 Å². The number of likely N-dealkylation sites (tertiary alicyclic amines) is 1.